The van der Waals surface area contributed by atoms with Gasteiger partial charge in [0.1, 0.15) is 5.75 Å². The molecule has 0 saturated heterocycles. The number of rotatable bonds is 2. The van der Waals surface area contributed by atoms with E-state index in [9.17, 15) is 0 Å². The van der Waals surface area contributed by atoms with Crippen LogP contribution in [-0.2, 0) is 0 Å². The van der Waals surface area contributed by atoms with E-state index in [1.165, 1.54) is 0 Å². The van der Waals surface area contributed by atoms with Crippen LogP contribution in [0.25, 0.3) is 0 Å². The van der Waals surface area contributed by atoms with Crippen LogP contribution in [0.5, 0.6) is 5.75 Å². The van der Waals surface area contributed by atoms with Crippen molar-refractivity contribution in [3.8, 4) is 5.75 Å². The quantitative estimate of drug-likeness (QED) is 0.586. The van der Waals surface area contributed by atoms with Crippen molar-refractivity contribution >= 4 is 28.6 Å². The highest BCUT2D eigenvalue weighted by Gasteiger charge is 2.41. The predicted molar refractivity (Wildman–Crippen MR) is 101 cm³/mol. The summed E-state index contributed by atoms with van der Waals surface area (Å²) in [5.41, 5.74) is 3.35. The number of thiophene rings is 1. The SMILES string of the molecule is Clc1ccc2c(c1)[C@@H]1CC(c3ccccc3)=NN1[C@H](c1cccs1)O2. The van der Waals surface area contributed by atoms with Gasteiger partial charge >= 0.3 is 0 Å². The monoisotopic (exact) mass is 366 g/mol. The Kier molecular flexibility index (Phi) is 3.54. The maximum absolute atomic E-state index is 6.30. The zero-order valence-electron chi connectivity index (χ0n) is 13.3. The van der Waals surface area contributed by atoms with Gasteiger partial charge in [-0.15, -0.1) is 11.3 Å². The van der Waals surface area contributed by atoms with Crippen molar-refractivity contribution in [2.45, 2.75) is 18.7 Å². The van der Waals surface area contributed by atoms with Gasteiger partial charge in [0.05, 0.1) is 16.6 Å². The number of hydrazone groups is 1. The molecule has 2 atom stereocenters. The Morgan fingerprint density at radius 2 is 1.96 bits per heavy atom. The molecule has 0 spiro atoms. The zero-order chi connectivity index (χ0) is 16.8. The van der Waals surface area contributed by atoms with Crippen LogP contribution >= 0.6 is 22.9 Å². The molecule has 0 unspecified atom stereocenters. The van der Waals surface area contributed by atoms with E-state index in [0.717, 1.165) is 38.9 Å². The van der Waals surface area contributed by atoms with Crippen LogP contribution < -0.4 is 4.74 Å². The van der Waals surface area contributed by atoms with E-state index in [1.54, 1.807) is 11.3 Å². The first kappa shape index (κ1) is 15.0. The lowest BCUT2D eigenvalue weighted by Gasteiger charge is -2.37. The van der Waals surface area contributed by atoms with Crippen LogP contribution in [0.1, 0.15) is 34.7 Å². The van der Waals surface area contributed by atoms with Gasteiger partial charge in [-0.3, -0.25) is 0 Å². The maximum atomic E-state index is 6.30. The first-order valence-corrected chi connectivity index (χ1v) is 9.46. The largest absolute Gasteiger partial charge is 0.464 e. The number of benzene rings is 2. The summed E-state index contributed by atoms with van der Waals surface area (Å²) in [5.74, 6) is 0.897. The third-order valence-electron chi connectivity index (χ3n) is 4.65. The molecule has 0 saturated carbocycles. The highest BCUT2D eigenvalue weighted by molar-refractivity contribution is 7.10. The van der Waals surface area contributed by atoms with Crippen LogP contribution in [0.3, 0.4) is 0 Å². The summed E-state index contributed by atoms with van der Waals surface area (Å²) < 4.78 is 6.30. The fourth-order valence-corrected chi connectivity index (χ4v) is 4.41. The van der Waals surface area contributed by atoms with Gasteiger partial charge in [0, 0.05) is 17.0 Å². The third-order valence-corrected chi connectivity index (χ3v) is 5.78. The normalized spacial score (nSPS) is 21.3. The lowest BCUT2D eigenvalue weighted by atomic mass is 9.96. The van der Waals surface area contributed by atoms with Gasteiger partial charge in [0.15, 0.2) is 0 Å². The highest BCUT2D eigenvalue weighted by Crippen LogP contribution is 2.48. The number of hydrogen-bond donors (Lipinski definition) is 0. The molecule has 3 aromatic rings. The average Bonchev–Trinajstić information content (AvgIpc) is 3.32. The molecule has 124 valence electrons. The Bertz CT molecular complexity index is 940. The maximum Gasteiger partial charge on any atom is 0.222 e. The van der Waals surface area contributed by atoms with Crippen LogP contribution in [-0.4, -0.2) is 10.7 Å². The fourth-order valence-electron chi connectivity index (χ4n) is 3.48. The minimum absolute atomic E-state index is 0.143. The van der Waals surface area contributed by atoms with Gasteiger partial charge in [-0.1, -0.05) is 48.0 Å². The molecule has 0 bridgehead atoms. The van der Waals surface area contributed by atoms with Crippen molar-refractivity contribution in [2.24, 2.45) is 5.10 Å². The summed E-state index contributed by atoms with van der Waals surface area (Å²) in [6, 6.07) is 20.5. The first-order chi connectivity index (χ1) is 12.3. The number of halogens is 1. The summed E-state index contributed by atoms with van der Waals surface area (Å²) in [6.07, 6.45) is 0.655. The summed E-state index contributed by atoms with van der Waals surface area (Å²) >= 11 is 7.94. The van der Waals surface area contributed by atoms with Crippen molar-refractivity contribution < 1.29 is 4.74 Å². The van der Waals surface area contributed by atoms with Gasteiger partial charge in [-0.25, -0.2) is 5.01 Å². The summed E-state index contributed by atoms with van der Waals surface area (Å²) in [6.45, 7) is 0. The van der Waals surface area contributed by atoms with Crippen molar-refractivity contribution in [3.05, 3.63) is 87.1 Å². The molecule has 0 N–H and O–H groups in total. The van der Waals surface area contributed by atoms with Gasteiger partial charge < -0.3 is 4.74 Å². The molecule has 0 amide bonds. The van der Waals surface area contributed by atoms with Crippen molar-refractivity contribution in [2.75, 3.05) is 0 Å². The Hall–Kier alpha value is -2.30. The molecule has 2 aromatic carbocycles. The van der Waals surface area contributed by atoms with E-state index in [1.807, 2.05) is 42.5 Å². The topological polar surface area (TPSA) is 24.8 Å². The lowest BCUT2D eigenvalue weighted by Crippen LogP contribution is -2.33. The molecular weight excluding hydrogens is 352 g/mol. The van der Waals surface area contributed by atoms with Crippen LogP contribution in [0.2, 0.25) is 5.02 Å². The Morgan fingerprint density at radius 1 is 1.08 bits per heavy atom. The molecule has 5 rings (SSSR count). The molecule has 3 heterocycles. The molecule has 3 nitrogen and oxygen atoms in total. The molecule has 0 radical (unpaired) electrons. The highest BCUT2D eigenvalue weighted by atomic mass is 35.5. The number of hydrogen-bond acceptors (Lipinski definition) is 4. The average molecular weight is 367 g/mol. The van der Waals surface area contributed by atoms with Crippen molar-refractivity contribution in [3.63, 3.8) is 0 Å². The Morgan fingerprint density at radius 3 is 2.76 bits per heavy atom. The van der Waals surface area contributed by atoms with Crippen molar-refractivity contribution in [1.29, 1.82) is 0 Å². The van der Waals surface area contributed by atoms with Gasteiger partial charge in [-0.2, -0.15) is 5.10 Å². The van der Waals surface area contributed by atoms with Crippen LogP contribution in [0, 0.1) is 0 Å². The minimum atomic E-state index is -0.195. The first-order valence-electron chi connectivity index (χ1n) is 8.20. The smallest absolute Gasteiger partial charge is 0.222 e. The van der Waals surface area contributed by atoms with Gasteiger partial charge in [0.25, 0.3) is 0 Å². The number of nitrogens with zero attached hydrogens (tertiary/aromatic N) is 2. The van der Waals surface area contributed by atoms with E-state index in [2.05, 4.69) is 28.6 Å². The molecule has 25 heavy (non-hydrogen) atoms. The van der Waals surface area contributed by atoms with Crippen molar-refractivity contribution in [1.82, 2.24) is 5.01 Å². The van der Waals surface area contributed by atoms with Gasteiger partial charge in [-0.05, 0) is 35.2 Å². The predicted octanol–water partition coefficient (Wildman–Crippen LogP) is 5.64. The zero-order valence-corrected chi connectivity index (χ0v) is 14.9. The minimum Gasteiger partial charge on any atom is -0.464 e. The summed E-state index contributed by atoms with van der Waals surface area (Å²) in [5, 5.41) is 9.82. The molecular formula is C20H15ClN2OS. The van der Waals surface area contributed by atoms with E-state index in [0.29, 0.717) is 0 Å². The van der Waals surface area contributed by atoms with Gasteiger partial charge in [0.2, 0.25) is 6.23 Å². The van der Waals surface area contributed by atoms with E-state index >= 15 is 0 Å². The third kappa shape index (κ3) is 2.53. The molecule has 2 aliphatic rings. The number of ether oxygens (including phenoxy) is 1. The Balaban J connectivity index is 1.61. The lowest BCUT2D eigenvalue weighted by molar-refractivity contribution is -0.0165. The molecule has 0 fully saturated rings. The van der Waals surface area contributed by atoms with E-state index < -0.39 is 0 Å². The number of fused-ring (bicyclic) bond motifs is 3. The van der Waals surface area contributed by atoms with Crippen LogP contribution in [0.15, 0.2) is 71.1 Å². The molecule has 0 aliphatic carbocycles. The fraction of sp³-hybridized carbons (Fsp3) is 0.150. The van der Waals surface area contributed by atoms with E-state index in [4.69, 9.17) is 21.4 Å². The molecule has 2 aliphatic heterocycles. The second kappa shape index (κ2) is 5.90. The standard InChI is InChI=1S/C20H15ClN2OS/c21-14-8-9-18-15(11-14)17-12-16(13-5-2-1-3-6-13)22-23(17)20(24-18)19-7-4-10-25-19/h1-11,17,20H,12H2/t17-,20-/m0/s1. The second-order valence-corrected chi connectivity index (χ2v) is 7.60. The second-order valence-electron chi connectivity index (χ2n) is 6.18. The molecule has 1 aromatic heterocycles. The Labute approximate surface area is 155 Å². The van der Waals surface area contributed by atoms with Crippen LogP contribution in [0.4, 0.5) is 0 Å². The summed E-state index contributed by atoms with van der Waals surface area (Å²) in [4.78, 5) is 1.16. The molecule has 5 heteroatoms. The summed E-state index contributed by atoms with van der Waals surface area (Å²) in [7, 11) is 0. The van der Waals surface area contributed by atoms with E-state index in [-0.39, 0.29) is 12.3 Å².